The normalized spacial score (nSPS) is 19.3. The minimum absolute atomic E-state index is 0.374. The van der Waals surface area contributed by atoms with Crippen molar-refractivity contribution in [3.63, 3.8) is 0 Å². The molecule has 2 aromatic carbocycles. The Hall–Kier alpha value is -3.06. The van der Waals surface area contributed by atoms with Crippen LogP contribution < -0.4 is 15.4 Å². The fourth-order valence-corrected chi connectivity index (χ4v) is 4.10. The van der Waals surface area contributed by atoms with Crippen molar-refractivity contribution >= 4 is 11.9 Å². The predicted octanol–water partition coefficient (Wildman–Crippen LogP) is 3.20. The number of piperidine rings is 1. The molecule has 2 unspecified atom stereocenters. The molecule has 0 amide bonds. The number of benzene rings is 2. The molecule has 2 aromatic rings. The van der Waals surface area contributed by atoms with Crippen molar-refractivity contribution in [1.82, 2.24) is 15.5 Å². The highest BCUT2D eigenvalue weighted by atomic mass is 16.5. The van der Waals surface area contributed by atoms with Crippen molar-refractivity contribution in [3.05, 3.63) is 65.2 Å². The van der Waals surface area contributed by atoms with E-state index in [1.165, 1.54) is 12.7 Å². The number of hydrogen-bond acceptors (Lipinski definition) is 5. The fraction of sp³-hybridized carbons (Fsp3) is 0.440. The highest BCUT2D eigenvalue weighted by Crippen LogP contribution is 2.22. The van der Waals surface area contributed by atoms with Crippen molar-refractivity contribution in [1.29, 1.82) is 0 Å². The van der Waals surface area contributed by atoms with E-state index in [1.54, 1.807) is 20.2 Å². The molecule has 1 aliphatic rings. The van der Waals surface area contributed by atoms with Crippen molar-refractivity contribution in [2.24, 2.45) is 4.99 Å². The Labute approximate surface area is 190 Å². The van der Waals surface area contributed by atoms with Gasteiger partial charge in [0.25, 0.3) is 0 Å². The molecule has 32 heavy (non-hydrogen) atoms. The van der Waals surface area contributed by atoms with Crippen LogP contribution in [0.4, 0.5) is 0 Å². The quantitative estimate of drug-likeness (QED) is 0.393. The third kappa shape index (κ3) is 6.23. The van der Waals surface area contributed by atoms with E-state index in [0.717, 1.165) is 37.5 Å². The molecule has 2 N–H and O–H groups in total. The van der Waals surface area contributed by atoms with Crippen LogP contribution in [0.15, 0.2) is 53.5 Å². The van der Waals surface area contributed by atoms with Gasteiger partial charge in [0.15, 0.2) is 5.96 Å². The minimum atomic E-state index is -0.411. The first-order valence-electron chi connectivity index (χ1n) is 11.0. The van der Waals surface area contributed by atoms with Crippen LogP contribution in [-0.4, -0.2) is 56.7 Å². The van der Waals surface area contributed by atoms with Crippen LogP contribution in [0, 0.1) is 0 Å². The maximum absolute atomic E-state index is 11.8. The third-order valence-electron chi connectivity index (χ3n) is 5.94. The van der Waals surface area contributed by atoms with Gasteiger partial charge in [-0.2, -0.15) is 0 Å². The van der Waals surface area contributed by atoms with Crippen molar-refractivity contribution < 1.29 is 14.3 Å². The number of likely N-dealkylation sites (tertiary alicyclic amines) is 1. The lowest BCUT2D eigenvalue weighted by molar-refractivity contribution is 0.0597. The summed E-state index contributed by atoms with van der Waals surface area (Å²) in [5.41, 5.74) is 2.76. The average molecular weight is 439 g/mol. The van der Waals surface area contributed by atoms with Gasteiger partial charge in [-0.25, -0.2) is 4.79 Å². The Morgan fingerprint density at radius 2 is 1.94 bits per heavy atom. The zero-order chi connectivity index (χ0) is 22.9. The summed E-state index contributed by atoms with van der Waals surface area (Å²) in [5.74, 6) is 0.861. The second-order valence-corrected chi connectivity index (χ2v) is 8.12. The number of rotatable bonds is 7. The van der Waals surface area contributed by atoms with Crippen molar-refractivity contribution in [2.45, 2.75) is 44.9 Å². The lowest BCUT2D eigenvalue weighted by Crippen LogP contribution is -2.51. The van der Waals surface area contributed by atoms with Gasteiger partial charge in [-0.3, -0.25) is 9.89 Å². The van der Waals surface area contributed by atoms with Crippen LogP contribution in [0.2, 0.25) is 0 Å². The van der Waals surface area contributed by atoms with Crippen LogP contribution in [0.1, 0.15) is 41.3 Å². The lowest BCUT2D eigenvalue weighted by Gasteiger charge is -2.38. The second-order valence-electron chi connectivity index (χ2n) is 8.12. The van der Waals surface area contributed by atoms with Crippen LogP contribution in [0.3, 0.4) is 0 Å². The summed E-state index contributed by atoms with van der Waals surface area (Å²) in [7, 11) is 4.69. The fourth-order valence-electron chi connectivity index (χ4n) is 4.10. The molecule has 1 heterocycles. The van der Waals surface area contributed by atoms with Crippen LogP contribution in [0.25, 0.3) is 0 Å². The van der Waals surface area contributed by atoms with Gasteiger partial charge in [0.1, 0.15) is 11.3 Å². The van der Waals surface area contributed by atoms with E-state index < -0.39 is 5.97 Å². The Balaban J connectivity index is 1.51. The molecule has 1 saturated heterocycles. The molecular formula is C25H34N4O3. The Kier molecular flexibility index (Phi) is 8.50. The molecule has 0 aromatic heterocycles. The van der Waals surface area contributed by atoms with Gasteiger partial charge < -0.3 is 20.1 Å². The summed E-state index contributed by atoms with van der Waals surface area (Å²) in [5, 5.41) is 6.93. The molecule has 0 radical (unpaired) electrons. The molecule has 2 atom stereocenters. The number of carbonyl (C=O) groups is 1. The molecule has 3 rings (SSSR count). The van der Waals surface area contributed by atoms with Gasteiger partial charge in [0.2, 0.25) is 0 Å². The van der Waals surface area contributed by atoms with Gasteiger partial charge in [-0.1, -0.05) is 36.4 Å². The number of nitrogens with one attached hydrogen (secondary N) is 2. The number of nitrogens with zero attached hydrogens (tertiary/aromatic N) is 2. The van der Waals surface area contributed by atoms with E-state index in [9.17, 15) is 4.79 Å². The molecular weight excluding hydrogens is 404 g/mol. The minimum Gasteiger partial charge on any atom is -0.496 e. The number of carbonyl (C=O) groups excluding carboxylic acids is 1. The van der Waals surface area contributed by atoms with Gasteiger partial charge in [-0.05, 0) is 43.0 Å². The smallest absolute Gasteiger partial charge is 0.341 e. The topological polar surface area (TPSA) is 75.2 Å². The van der Waals surface area contributed by atoms with Crippen molar-refractivity contribution in [2.75, 3.05) is 27.8 Å². The molecule has 0 saturated carbocycles. The number of esters is 1. The molecule has 7 nitrogen and oxygen atoms in total. The first-order valence-corrected chi connectivity index (χ1v) is 11.0. The van der Waals surface area contributed by atoms with E-state index in [4.69, 9.17) is 9.47 Å². The van der Waals surface area contributed by atoms with Gasteiger partial charge in [-0.15, -0.1) is 0 Å². The van der Waals surface area contributed by atoms with Gasteiger partial charge in [0.05, 0.1) is 14.2 Å². The van der Waals surface area contributed by atoms with Crippen LogP contribution >= 0.6 is 0 Å². The number of guanidine groups is 1. The standard InChI is InChI=1S/C25H34N4O3/c1-18-14-21(12-13-29(18)17-19-8-6-5-7-9-19)28-25(26-2)27-16-20-10-11-22(24(30)32-4)23(15-20)31-3/h5-11,15,18,21H,12-14,16-17H2,1-4H3,(H2,26,27,28). The Morgan fingerprint density at radius 1 is 1.16 bits per heavy atom. The SMILES string of the molecule is CN=C(NCc1ccc(C(=O)OC)c(OC)c1)NC1CCN(Cc2ccccc2)C(C)C1. The molecule has 0 spiro atoms. The summed E-state index contributed by atoms with van der Waals surface area (Å²) in [6.45, 7) is 4.91. The summed E-state index contributed by atoms with van der Waals surface area (Å²) in [6, 6.07) is 17.0. The zero-order valence-corrected chi connectivity index (χ0v) is 19.4. The Morgan fingerprint density at radius 3 is 2.59 bits per heavy atom. The summed E-state index contributed by atoms with van der Waals surface area (Å²) in [6.07, 6.45) is 2.13. The van der Waals surface area contributed by atoms with Crippen LogP contribution in [0.5, 0.6) is 5.75 Å². The highest BCUT2D eigenvalue weighted by Gasteiger charge is 2.26. The van der Waals surface area contributed by atoms with E-state index in [1.807, 2.05) is 12.1 Å². The maximum Gasteiger partial charge on any atom is 0.341 e. The first kappa shape index (κ1) is 23.6. The lowest BCUT2D eigenvalue weighted by atomic mass is 9.97. The molecule has 0 aliphatic carbocycles. The Bertz CT molecular complexity index is 917. The number of hydrogen-bond donors (Lipinski definition) is 2. The van der Waals surface area contributed by atoms with E-state index >= 15 is 0 Å². The average Bonchev–Trinajstić information content (AvgIpc) is 2.83. The first-order chi connectivity index (χ1) is 15.5. The maximum atomic E-state index is 11.8. The van der Waals surface area contributed by atoms with Gasteiger partial charge in [0, 0.05) is 38.8 Å². The van der Waals surface area contributed by atoms with Gasteiger partial charge >= 0.3 is 5.97 Å². The second kappa shape index (κ2) is 11.5. The zero-order valence-electron chi connectivity index (χ0n) is 19.4. The van der Waals surface area contributed by atoms with Crippen molar-refractivity contribution in [3.8, 4) is 5.75 Å². The van der Waals surface area contributed by atoms with E-state index in [-0.39, 0.29) is 0 Å². The monoisotopic (exact) mass is 438 g/mol. The largest absolute Gasteiger partial charge is 0.496 e. The molecule has 1 fully saturated rings. The molecule has 1 aliphatic heterocycles. The summed E-state index contributed by atoms with van der Waals surface area (Å²) >= 11 is 0. The van der Waals surface area contributed by atoms with Crippen LogP contribution in [-0.2, 0) is 17.8 Å². The van der Waals surface area contributed by atoms with E-state index in [0.29, 0.717) is 29.9 Å². The van der Waals surface area contributed by atoms with E-state index in [2.05, 4.69) is 57.8 Å². The number of ether oxygens (including phenoxy) is 2. The highest BCUT2D eigenvalue weighted by molar-refractivity contribution is 5.92. The number of methoxy groups -OCH3 is 2. The summed E-state index contributed by atoms with van der Waals surface area (Å²) in [4.78, 5) is 18.8. The third-order valence-corrected chi connectivity index (χ3v) is 5.94. The summed E-state index contributed by atoms with van der Waals surface area (Å²) < 4.78 is 10.1. The molecule has 172 valence electrons. The number of aliphatic imine (C=N–C) groups is 1. The molecule has 0 bridgehead atoms. The molecule has 7 heteroatoms. The predicted molar refractivity (Wildman–Crippen MR) is 127 cm³/mol.